The highest BCUT2D eigenvalue weighted by molar-refractivity contribution is 6.04. The summed E-state index contributed by atoms with van der Waals surface area (Å²) >= 11 is 0. The van der Waals surface area contributed by atoms with Gasteiger partial charge in [-0.25, -0.2) is 0 Å². The van der Waals surface area contributed by atoms with Gasteiger partial charge in [-0.15, -0.1) is 0 Å². The van der Waals surface area contributed by atoms with Crippen molar-refractivity contribution in [2.24, 2.45) is 5.41 Å². The number of carboxylic acid groups (broad SMARTS) is 1. The second kappa shape index (κ2) is 5.97. The van der Waals surface area contributed by atoms with E-state index >= 15 is 0 Å². The highest BCUT2D eigenvalue weighted by Gasteiger charge is 2.58. The molecule has 0 bridgehead atoms. The maximum absolute atomic E-state index is 12.1. The van der Waals surface area contributed by atoms with Gasteiger partial charge in [-0.3, -0.25) is 9.59 Å². The molecule has 1 aliphatic carbocycles. The van der Waals surface area contributed by atoms with Gasteiger partial charge >= 0.3 is 5.97 Å². The molecule has 1 amide bonds. The number of carboxylic acids is 1. The van der Waals surface area contributed by atoms with Gasteiger partial charge in [0.2, 0.25) is 5.91 Å². The maximum Gasteiger partial charge on any atom is 0.319 e. The zero-order valence-electron chi connectivity index (χ0n) is 10.3. The topological polar surface area (TPSA) is 76.1 Å². The molecule has 6 heteroatoms. The first-order chi connectivity index (χ1) is 8.08. The molecule has 0 aromatic carbocycles. The molecule has 0 heterocycles. The van der Waals surface area contributed by atoms with Crippen molar-refractivity contribution in [1.29, 1.82) is 0 Å². The van der Waals surface area contributed by atoms with Crippen LogP contribution in [-0.2, 0) is 19.1 Å². The summed E-state index contributed by atoms with van der Waals surface area (Å²) in [7, 11) is 3.09. The summed E-state index contributed by atoms with van der Waals surface area (Å²) in [6, 6.07) is 0. The van der Waals surface area contributed by atoms with E-state index in [4.69, 9.17) is 14.6 Å². The summed E-state index contributed by atoms with van der Waals surface area (Å²) in [4.78, 5) is 24.7. The Morgan fingerprint density at radius 1 is 1.18 bits per heavy atom. The van der Waals surface area contributed by atoms with E-state index in [1.54, 1.807) is 14.2 Å². The number of hydrogen-bond donors (Lipinski definition) is 1. The van der Waals surface area contributed by atoms with Gasteiger partial charge in [0.05, 0.1) is 13.2 Å². The minimum atomic E-state index is -1.18. The van der Waals surface area contributed by atoms with Crippen LogP contribution in [0.15, 0.2) is 0 Å². The molecule has 0 aromatic heterocycles. The molecule has 1 aliphatic rings. The van der Waals surface area contributed by atoms with E-state index < -0.39 is 11.4 Å². The van der Waals surface area contributed by atoms with E-state index in [1.165, 1.54) is 4.90 Å². The number of ether oxygens (including phenoxy) is 2. The molecule has 0 spiro atoms. The molecule has 1 N–H and O–H groups in total. The Kier molecular flexibility index (Phi) is 4.89. The minimum absolute atomic E-state index is 0.320. The summed E-state index contributed by atoms with van der Waals surface area (Å²) in [5, 5.41) is 9.06. The van der Waals surface area contributed by atoms with Crippen LogP contribution in [0.4, 0.5) is 0 Å². The molecule has 0 radical (unpaired) electrons. The van der Waals surface area contributed by atoms with Crippen LogP contribution in [0, 0.1) is 5.41 Å². The molecule has 1 saturated carbocycles. The Bertz CT molecular complexity index is 280. The highest BCUT2D eigenvalue weighted by atomic mass is 16.5. The van der Waals surface area contributed by atoms with E-state index in [0.29, 0.717) is 39.1 Å². The van der Waals surface area contributed by atoms with Gasteiger partial charge < -0.3 is 19.5 Å². The van der Waals surface area contributed by atoms with Crippen molar-refractivity contribution in [3.05, 3.63) is 0 Å². The first kappa shape index (κ1) is 13.9. The van der Waals surface area contributed by atoms with Crippen LogP contribution in [-0.4, -0.2) is 62.4 Å². The van der Waals surface area contributed by atoms with Crippen molar-refractivity contribution in [3.63, 3.8) is 0 Å². The third-order valence-electron chi connectivity index (χ3n) is 2.99. The minimum Gasteiger partial charge on any atom is -0.480 e. The highest BCUT2D eigenvalue weighted by Crippen LogP contribution is 2.47. The molecule has 0 unspecified atom stereocenters. The largest absolute Gasteiger partial charge is 0.480 e. The molecule has 0 atom stereocenters. The predicted octanol–water partition coefficient (Wildman–Crippen LogP) is -0.0274. The molecular formula is C11H19NO5. The summed E-state index contributed by atoms with van der Waals surface area (Å²) < 4.78 is 9.83. The number of carbonyl (C=O) groups excluding carboxylic acids is 1. The van der Waals surface area contributed by atoms with Gasteiger partial charge in [0, 0.05) is 27.3 Å². The second-order valence-corrected chi connectivity index (χ2v) is 4.17. The van der Waals surface area contributed by atoms with Gasteiger partial charge in [-0.1, -0.05) is 0 Å². The van der Waals surface area contributed by atoms with Crippen LogP contribution in [0.1, 0.15) is 12.8 Å². The molecule has 0 saturated heterocycles. The zero-order valence-corrected chi connectivity index (χ0v) is 10.3. The van der Waals surface area contributed by atoms with Crippen molar-refractivity contribution in [2.45, 2.75) is 12.8 Å². The summed E-state index contributed by atoms with van der Waals surface area (Å²) in [6.07, 6.45) is 0.856. The van der Waals surface area contributed by atoms with Gasteiger partial charge in [-0.05, 0) is 12.8 Å². The second-order valence-electron chi connectivity index (χ2n) is 4.17. The number of methoxy groups -OCH3 is 2. The van der Waals surface area contributed by atoms with E-state index in [9.17, 15) is 9.59 Å². The standard InChI is InChI=1S/C11H19NO5/c1-16-7-5-12(6-8-17-2)9(13)11(3-4-11)10(14)15/h3-8H2,1-2H3,(H,14,15). The van der Waals surface area contributed by atoms with Crippen molar-refractivity contribution in [3.8, 4) is 0 Å². The third kappa shape index (κ3) is 3.17. The Morgan fingerprint density at radius 3 is 1.94 bits per heavy atom. The molecule has 0 aliphatic heterocycles. The number of hydrogen-bond acceptors (Lipinski definition) is 4. The van der Waals surface area contributed by atoms with Crippen LogP contribution < -0.4 is 0 Å². The van der Waals surface area contributed by atoms with Crippen LogP contribution in [0.2, 0.25) is 0 Å². The number of rotatable bonds is 8. The van der Waals surface area contributed by atoms with Gasteiger partial charge in [0.25, 0.3) is 0 Å². The van der Waals surface area contributed by atoms with Crippen LogP contribution >= 0.6 is 0 Å². The average molecular weight is 245 g/mol. The lowest BCUT2D eigenvalue weighted by atomic mass is 10.1. The zero-order chi connectivity index (χ0) is 12.9. The lowest BCUT2D eigenvalue weighted by Gasteiger charge is -2.25. The summed E-state index contributed by atoms with van der Waals surface area (Å²) in [5.74, 6) is -1.35. The molecule has 6 nitrogen and oxygen atoms in total. The predicted molar refractivity (Wildman–Crippen MR) is 59.6 cm³/mol. The van der Waals surface area contributed by atoms with Crippen molar-refractivity contribution in [1.82, 2.24) is 4.90 Å². The monoisotopic (exact) mass is 245 g/mol. The fraction of sp³-hybridized carbons (Fsp3) is 0.818. The number of nitrogens with zero attached hydrogens (tertiary/aromatic N) is 1. The van der Waals surface area contributed by atoms with Gasteiger partial charge in [0.15, 0.2) is 0 Å². The average Bonchev–Trinajstić information content (AvgIpc) is 3.09. The number of aliphatic carboxylic acids is 1. The lowest BCUT2D eigenvalue weighted by Crippen LogP contribution is -2.44. The first-order valence-electron chi connectivity index (χ1n) is 5.59. The smallest absolute Gasteiger partial charge is 0.319 e. The lowest BCUT2D eigenvalue weighted by molar-refractivity contribution is -0.154. The molecule has 17 heavy (non-hydrogen) atoms. The summed E-state index contributed by atoms with van der Waals surface area (Å²) in [6.45, 7) is 1.58. The number of amides is 1. The van der Waals surface area contributed by atoms with E-state index in [0.717, 1.165) is 0 Å². The first-order valence-corrected chi connectivity index (χ1v) is 5.59. The Hall–Kier alpha value is -1.14. The van der Waals surface area contributed by atoms with Crippen LogP contribution in [0.3, 0.4) is 0 Å². The Morgan fingerprint density at radius 2 is 1.65 bits per heavy atom. The van der Waals surface area contributed by atoms with Crippen molar-refractivity contribution in [2.75, 3.05) is 40.5 Å². The van der Waals surface area contributed by atoms with Gasteiger partial charge in [0.1, 0.15) is 5.41 Å². The molecule has 98 valence electrons. The van der Waals surface area contributed by atoms with Crippen LogP contribution in [0.5, 0.6) is 0 Å². The maximum atomic E-state index is 12.1. The third-order valence-corrected chi connectivity index (χ3v) is 2.99. The number of carbonyl (C=O) groups is 2. The normalized spacial score (nSPS) is 16.6. The fourth-order valence-electron chi connectivity index (χ4n) is 1.66. The van der Waals surface area contributed by atoms with Crippen LogP contribution in [0.25, 0.3) is 0 Å². The van der Waals surface area contributed by atoms with Crippen molar-refractivity contribution >= 4 is 11.9 Å². The molecule has 1 rings (SSSR count). The Labute approximate surface area is 100 Å². The van der Waals surface area contributed by atoms with Crippen molar-refractivity contribution < 1.29 is 24.2 Å². The quantitative estimate of drug-likeness (QED) is 0.608. The fourth-order valence-corrected chi connectivity index (χ4v) is 1.66. The summed E-state index contributed by atoms with van der Waals surface area (Å²) in [5.41, 5.74) is -1.18. The van der Waals surface area contributed by atoms with E-state index in [1.807, 2.05) is 0 Å². The molecule has 0 aromatic rings. The van der Waals surface area contributed by atoms with E-state index in [-0.39, 0.29) is 5.91 Å². The SMILES string of the molecule is COCCN(CCOC)C(=O)C1(C(=O)O)CC1. The molecular weight excluding hydrogens is 226 g/mol. The Balaban J connectivity index is 2.62. The van der Waals surface area contributed by atoms with Gasteiger partial charge in [-0.2, -0.15) is 0 Å². The molecule has 1 fully saturated rings. The van der Waals surface area contributed by atoms with E-state index in [2.05, 4.69) is 0 Å².